The minimum Gasteiger partial charge on any atom is -0.493 e. The van der Waals surface area contributed by atoms with Crippen molar-refractivity contribution in [1.29, 1.82) is 0 Å². The Morgan fingerprint density at radius 3 is 2.89 bits per heavy atom. The molecule has 4 rings (SSSR count). The SMILES string of the molecule is O=C(Nc1nc(-c2cccnc2)cs1)C(=O)N[C@@H]1CCOc2ccccc21. The van der Waals surface area contributed by atoms with Crippen LogP contribution in [0.25, 0.3) is 11.3 Å². The molecule has 1 aliphatic rings. The van der Waals surface area contributed by atoms with Crippen molar-refractivity contribution in [3.05, 3.63) is 59.7 Å². The van der Waals surface area contributed by atoms with E-state index < -0.39 is 11.8 Å². The van der Waals surface area contributed by atoms with Crippen LogP contribution in [0.1, 0.15) is 18.0 Å². The third-order valence-corrected chi connectivity index (χ3v) is 4.91. The van der Waals surface area contributed by atoms with E-state index in [4.69, 9.17) is 4.74 Å². The highest BCUT2D eigenvalue weighted by atomic mass is 32.1. The summed E-state index contributed by atoms with van der Waals surface area (Å²) in [5.74, 6) is -0.712. The standard InChI is InChI=1S/C19H16N4O3S/c24-17(21-14-7-9-26-16-6-2-1-5-13(14)16)18(25)23-19-22-15(11-27-19)12-4-3-8-20-10-12/h1-6,8,10-11,14H,7,9H2,(H,21,24)(H,22,23,25)/t14-/m1/s1. The molecule has 0 saturated heterocycles. The van der Waals surface area contributed by atoms with Gasteiger partial charge in [-0.1, -0.05) is 18.2 Å². The van der Waals surface area contributed by atoms with Crippen LogP contribution < -0.4 is 15.4 Å². The summed E-state index contributed by atoms with van der Waals surface area (Å²) >= 11 is 1.25. The fourth-order valence-corrected chi connectivity index (χ4v) is 3.56. The number of carbonyl (C=O) groups excluding carboxylic acids is 2. The zero-order valence-corrected chi connectivity index (χ0v) is 15.0. The van der Waals surface area contributed by atoms with Gasteiger partial charge < -0.3 is 10.1 Å². The van der Waals surface area contributed by atoms with E-state index in [1.165, 1.54) is 11.3 Å². The van der Waals surface area contributed by atoms with Gasteiger partial charge in [-0.25, -0.2) is 4.98 Å². The first-order chi connectivity index (χ1) is 13.2. The molecule has 0 aliphatic carbocycles. The molecular weight excluding hydrogens is 364 g/mol. The van der Waals surface area contributed by atoms with Crippen LogP contribution in [0.4, 0.5) is 5.13 Å². The number of rotatable bonds is 3. The minimum atomic E-state index is -0.744. The molecule has 2 amide bonds. The molecule has 0 bridgehead atoms. The van der Waals surface area contributed by atoms with Crippen LogP contribution in [0.2, 0.25) is 0 Å². The number of hydrogen-bond donors (Lipinski definition) is 2. The van der Waals surface area contributed by atoms with Crippen molar-refractivity contribution >= 4 is 28.3 Å². The molecule has 3 aromatic rings. The predicted octanol–water partition coefficient (Wildman–Crippen LogP) is 2.78. The Morgan fingerprint density at radius 1 is 1.15 bits per heavy atom. The molecule has 0 fully saturated rings. The second-order valence-electron chi connectivity index (χ2n) is 5.93. The van der Waals surface area contributed by atoms with E-state index in [2.05, 4.69) is 20.6 Å². The van der Waals surface area contributed by atoms with Crippen molar-refractivity contribution in [3.63, 3.8) is 0 Å². The van der Waals surface area contributed by atoms with E-state index in [0.717, 1.165) is 16.9 Å². The molecule has 8 heteroatoms. The number of benzene rings is 1. The van der Waals surface area contributed by atoms with Gasteiger partial charge in [-0.05, 0) is 18.2 Å². The zero-order valence-electron chi connectivity index (χ0n) is 14.2. The van der Waals surface area contributed by atoms with Crippen LogP contribution in [0, 0.1) is 0 Å². The molecule has 0 unspecified atom stereocenters. The van der Waals surface area contributed by atoms with Crippen LogP contribution in [-0.2, 0) is 9.59 Å². The van der Waals surface area contributed by atoms with Gasteiger partial charge in [0.1, 0.15) is 5.75 Å². The summed E-state index contributed by atoms with van der Waals surface area (Å²) in [4.78, 5) is 32.9. The number of hydrogen-bond acceptors (Lipinski definition) is 6. The Kier molecular flexibility index (Phi) is 4.80. The van der Waals surface area contributed by atoms with Crippen LogP contribution in [0.5, 0.6) is 5.75 Å². The van der Waals surface area contributed by atoms with E-state index >= 15 is 0 Å². The van der Waals surface area contributed by atoms with Gasteiger partial charge in [0.2, 0.25) is 0 Å². The number of ether oxygens (including phenoxy) is 1. The van der Waals surface area contributed by atoms with Gasteiger partial charge in [0.15, 0.2) is 5.13 Å². The van der Waals surface area contributed by atoms with Gasteiger partial charge >= 0.3 is 11.8 Å². The second-order valence-corrected chi connectivity index (χ2v) is 6.79. The summed E-state index contributed by atoms with van der Waals surface area (Å²) in [5, 5.41) is 7.49. The molecule has 136 valence electrons. The average molecular weight is 380 g/mol. The van der Waals surface area contributed by atoms with Gasteiger partial charge in [-0.3, -0.25) is 19.9 Å². The second kappa shape index (κ2) is 7.55. The number of pyridine rings is 1. The molecule has 7 nitrogen and oxygen atoms in total. The summed E-state index contributed by atoms with van der Waals surface area (Å²) in [5.41, 5.74) is 2.41. The minimum absolute atomic E-state index is 0.254. The number of amides is 2. The maximum atomic E-state index is 12.3. The van der Waals surface area contributed by atoms with E-state index in [0.29, 0.717) is 23.9 Å². The number of nitrogens with one attached hydrogen (secondary N) is 2. The van der Waals surface area contributed by atoms with E-state index in [1.807, 2.05) is 36.4 Å². The zero-order chi connectivity index (χ0) is 18.6. The summed E-state index contributed by atoms with van der Waals surface area (Å²) in [6, 6.07) is 10.9. The number of fused-ring (bicyclic) bond motifs is 1. The lowest BCUT2D eigenvalue weighted by molar-refractivity contribution is -0.136. The predicted molar refractivity (Wildman–Crippen MR) is 101 cm³/mol. The van der Waals surface area contributed by atoms with E-state index in [9.17, 15) is 9.59 Å². The van der Waals surface area contributed by atoms with Crippen molar-refractivity contribution < 1.29 is 14.3 Å². The van der Waals surface area contributed by atoms with Gasteiger partial charge in [0.05, 0.1) is 18.3 Å². The maximum absolute atomic E-state index is 12.3. The van der Waals surface area contributed by atoms with Crippen LogP contribution in [0.3, 0.4) is 0 Å². The summed E-state index contributed by atoms with van der Waals surface area (Å²) < 4.78 is 5.57. The largest absolute Gasteiger partial charge is 0.493 e. The molecule has 1 atom stereocenters. The first-order valence-corrected chi connectivity index (χ1v) is 9.28. The quantitative estimate of drug-likeness (QED) is 0.682. The van der Waals surface area contributed by atoms with Crippen molar-refractivity contribution in [1.82, 2.24) is 15.3 Å². The summed E-state index contributed by atoms with van der Waals surface area (Å²) in [7, 11) is 0. The topological polar surface area (TPSA) is 93.2 Å². The molecule has 27 heavy (non-hydrogen) atoms. The van der Waals surface area contributed by atoms with Gasteiger partial charge in [-0.15, -0.1) is 11.3 Å². The van der Waals surface area contributed by atoms with Crippen molar-refractivity contribution in [3.8, 4) is 17.0 Å². The van der Waals surface area contributed by atoms with Crippen molar-refractivity contribution in [2.45, 2.75) is 12.5 Å². The Morgan fingerprint density at radius 2 is 2.04 bits per heavy atom. The molecule has 1 aromatic carbocycles. The fourth-order valence-electron chi connectivity index (χ4n) is 2.85. The molecule has 3 heterocycles. The summed E-state index contributed by atoms with van der Waals surface area (Å²) in [6.45, 7) is 0.491. The maximum Gasteiger partial charge on any atom is 0.315 e. The highest BCUT2D eigenvalue weighted by Gasteiger charge is 2.25. The van der Waals surface area contributed by atoms with E-state index in [-0.39, 0.29) is 6.04 Å². The van der Waals surface area contributed by atoms with Gasteiger partial charge in [-0.2, -0.15) is 0 Å². The highest BCUT2D eigenvalue weighted by Crippen LogP contribution is 2.31. The highest BCUT2D eigenvalue weighted by molar-refractivity contribution is 7.14. The molecule has 0 saturated carbocycles. The Bertz CT molecular complexity index is 974. The number of carbonyl (C=O) groups is 2. The molecule has 2 N–H and O–H groups in total. The van der Waals surface area contributed by atoms with E-state index in [1.54, 1.807) is 17.8 Å². The van der Waals surface area contributed by atoms with Crippen LogP contribution >= 0.6 is 11.3 Å². The normalized spacial score (nSPS) is 15.3. The molecule has 1 aliphatic heterocycles. The number of anilines is 1. The molecule has 0 radical (unpaired) electrons. The Labute approximate surface area is 159 Å². The van der Waals surface area contributed by atoms with Crippen molar-refractivity contribution in [2.24, 2.45) is 0 Å². The smallest absolute Gasteiger partial charge is 0.315 e. The summed E-state index contributed by atoms with van der Waals surface area (Å²) in [6.07, 6.45) is 3.98. The first-order valence-electron chi connectivity index (χ1n) is 8.40. The number of para-hydroxylation sites is 1. The average Bonchev–Trinajstić information content (AvgIpc) is 3.17. The monoisotopic (exact) mass is 380 g/mol. The fraction of sp³-hybridized carbons (Fsp3) is 0.158. The van der Waals surface area contributed by atoms with Gasteiger partial charge in [0, 0.05) is 35.3 Å². The van der Waals surface area contributed by atoms with Crippen LogP contribution in [-0.4, -0.2) is 28.4 Å². The molecular formula is C19H16N4O3S. The number of nitrogens with zero attached hydrogens (tertiary/aromatic N) is 2. The third kappa shape index (κ3) is 3.80. The lowest BCUT2D eigenvalue weighted by atomic mass is 10.0. The lowest BCUT2D eigenvalue weighted by Gasteiger charge is -2.26. The first kappa shape index (κ1) is 17.2. The Balaban J connectivity index is 1.41. The lowest BCUT2D eigenvalue weighted by Crippen LogP contribution is -2.39. The number of aromatic nitrogens is 2. The van der Waals surface area contributed by atoms with Crippen LogP contribution in [0.15, 0.2) is 54.2 Å². The molecule has 0 spiro atoms. The Hall–Kier alpha value is -3.26. The molecule has 2 aromatic heterocycles. The van der Waals surface area contributed by atoms with Gasteiger partial charge in [0.25, 0.3) is 0 Å². The number of thiazole rings is 1. The third-order valence-electron chi connectivity index (χ3n) is 4.15. The van der Waals surface area contributed by atoms with Crippen molar-refractivity contribution in [2.75, 3.05) is 11.9 Å².